The number of nitrogens with one attached hydrogen (secondary N) is 1. The van der Waals surface area contributed by atoms with E-state index in [1.54, 1.807) is 17.8 Å². The Morgan fingerprint density at radius 1 is 1.14 bits per heavy atom. The van der Waals surface area contributed by atoms with Crippen LogP contribution in [0.15, 0.2) is 30.7 Å². The zero-order valence-corrected chi connectivity index (χ0v) is 16.1. The molecule has 1 saturated heterocycles. The highest BCUT2D eigenvalue weighted by atomic mass is 19.1. The molecule has 4 rings (SSSR count). The quantitative estimate of drug-likeness (QED) is 0.718. The van der Waals surface area contributed by atoms with Gasteiger partial charge in [-0.05, 0) is 19.1 Å². The molecule has 3 heterocycles. The Morgan fingerprint density at radius 2 is 1.83 bits per heavy atom. The lowest BCUT2D eigenvalue weighted by molar-refractivity contribution is -0.120. The van der Waals surface area contributed by atoms with E-state index in [2.05, 4.69) is 25.3 Å². The van der Waals surface area contributed by atoms with Gasteiger partial charge in [0.1, 0.15) is 29.5 Å². The van der Waals surface area contributed by atoms with E-state index < -0.39 is 29.3 Å². The molecule has 3 aromatic rings. The smallest absolute Gasteiger partial charge is 0.241 e. The van der Waals surface area contributed by atoms with Crippen molar-refractivity contribution >= 4 is 28.4 Å². The first kappa shape index (κ1) is 19.2. The summed E-state index contributed by atoms with van der Waals surface area (Å²) in [4.78, 5) is 25.3. The van der Waals surface area contributed by atoms with Crippen LogP contribution in [-0.4, -0.2) is 62.8 Å². The molecule has 0 radical (unpaired) electrons. The van der Waals surface area contributed by atoms with Gasteiger partial charge in [0.05, 0.1) is 17.6 Å². The van der Waals surface area contributed by atoms with E-state index in [4.69, 9.17) is 0 Å². The molecule has 29 heavy (non-hydrogen) atoms. The monoisotopic (exact) mass is 401 g/mol. The number of para-hydroxylation sites is 1. The van der Waals surface area contributed by atoms with Crippen LogP contribution in [0.4, 0.5) is 20.3 Å². The number of hydrogen-bond donors (Lipinski definition) is 1. The third-order valence-corrected chi connectivity index (χ3v) is 5.26. The molecule has 1 amide bonds. The van der Waals surface area contributed by atoms with Crippen molar-refractivity contribution in [3.8, 4) is 0 Å². The van der Waals surface area contributed by atoms with Gasteiger partial charge >= 0.3 is 0 Å². The summed E-state index contributed by atoms with van der Waals surface area (Å²) in [5.41, 5.74) is 0.347. The van der Waals surface area contributed by atoms with Crippen LogP contribution in [0, 0.1) is 11.6 Å². The summed E-state index contributed by atoms with van der Waals surface area (Å²) in [5.74, 6) is -1.22. The molecule has 10 heteroatoms. The highest BCUT2D eigenvalue weighted by molar-refractivity contribution is 5.94. The van der Waals surface area contributed by atoms with Crippen molar-refractivity contribution in [3.05, 3.63) is 42.4 Å². The second-order valence-corrected chi connectivity index (χ2v) is 6.99. The highest BCUT2D eigenvalue weighted by Gasteiger charge is 2.28. The van der Waals surface area contributed by atoms with E-state index in [1.807, 2.05) is 11.9 Å². The van der Waals surface area contributed by atoms with E-state index in [0.29, 0.717) is 26.2 Å². The Kier molecular flexibility index (Phi) is 5.10. The van der Waals surface area contributed by atoms with Crippen LogP contribution < -0.4 is 10.2 Å². The number of halogens is 2. The van der Waals surface area contributed by atoms with Crippen molar-refractivity contribution < 1.29 is 13.6 Å². The summed E-state index contributed by atoms with van der Waals surface area (Å²) in [5, 5.41) is 7.48. The van der Waals surface area contributed by atoms with Gasteiger partial charge in [0.15, 0.2) is 5.65 Å². The molecule has 2 aromatic heterocycles. The molecule has 152 valence electrons. The number of carbonyl (C=O) groups excluding carboxylic acids is 1. The number of aromatic nitrogens is 4. The largest absolute Gasteiger partial charge is 0.353 e. The molecule has 1 N–H and O–H groups in total. The summed E-state index contributed by atoms with van der Waals surface area (Å²) >= 11 is 0. The number of hydrogen-bond acceptors (Lipinski definition) is 6. The van der Waals surface area contributed by atoms with E-state index in [1.165, 1.54) is 12.4 Å². The van der Waals surface area contributed by atoms with Crippen LogP contribution >= 0.6 is 0 Å². The lowest BCUT2D eigenvalue weighted by Gasteiger charge is -2.38. The zero-order valence-electron chi connectivity index (χ0n) is 16.1. The summed E-state index contributed by atoms with van der Waals surface area (Å²) in [6, 6.07) is 2.96. The Morgan fingerprint density at radius 3 is 2.52 bits per heavy atom. The normalized spacial score (nSPS) is 16.2. The maximum Gasteiger partial charge on any atom is 0.241 e. The summed E-state index contributed by atoms with van der Waals surface area (Å²) < 4.78 is 29.3. The molecule has 0 unspecified atom stereocenters. The molecule has 8 nitrogen and oxygen atoms in total. The number of carbonyl (C=O) groups is 1. The number of amides is 1. The van der Waals surface area contributed by atoms with Crippen LogP contribution in [0.1, 0.15) is 6.92 Å². The van der Waals surface area contributed by atoms with Crippen molar-refractivity contribution in [1.82, 2.24) is 24.6 Å². The Bertz CT molecular complexity index is 1030. The van der Waals surface area contributed by atoms with Crippen molar-refractivity contribution in [2.24, 2.45) is 7.05 Å². The maximum absolute atomic E-state index is 13.8. The average molecular weight is 401 g/mol. The topological polar surface area (TPSA) is 79.2 Å². The van der Waals surface area contributed by atoms with E-state index in [0.717, 1.165) is 29.0 Å². The number of piperazine rings is 1. The molecule has 1 atom stereocenters. The minimum absolute atomic E-state index is 0.414. The number of rotatable bonds is 4. The van der Waals surface area contributed by atoms with Gasteiger partial charge in [0, 0.05) is 33.2 Å². The summed E-state index contributed by atoms with van der Waals surface area (Å²) in [7, 11) is 1.83. The fourth-order valence-corrected chi connectivity index (χ4v) is 3.53. The van der Waals surface area contributed by atoms with E-state index >= 15 is 0 Å². The first-order valence-electron chi connectivity index (χ1n) is 9.32. The van der Waals surface area contributed by atoms with E-state index in [9.17, 15) is 13.6 Å². The van der Waals surface area contributed by atoms with Crippen LogP contribution in [0.5, 0.6) is 0 Å². The van der Waals surface area contributed by atoms with E-state index in [-0.39, 0.29) is 0 Å². The number of benzene rings is 1. The van der Waals surface area contributed by atoms with Crippen LogP contribution in [-0.2, 0) is 11.8 Å². The molecule has 0 saturated carbocycles. The van der Waals surface area contributed by atoms with Crippen LogP contribution in [0.2, 0.25) is 0 Å². The molecule has 0 spiro atoms. The molecule has 1 aliphatic rings. The second kappa shape index (κ2) is 7.70. The van der Waals surface area contributed by atoms with Gasteiger partial charge in [-0.1, -0.05) is 6.07 Å². The predicted octanol–water partition coefficient (Wildman–Crippen LogP) is 1.79. The third-order valence-electron chi connectivity index (χ3n) is 5.26. The first-order valence-corrected chi connectivity index (χ1v) is 9.32. The lowest BCUT2D eigenvalue weighted by atomic mass is 10.2. The molecule has 1 fully saturated rings. The number of anilines is 2. The molecular weight excluding hydrogens is 380 g/mol. The van der Waals surface area contributed by atoms with Gasteiger partial charge in [-0.15, -0.1) is 0 Å². The van der Waals surface area contributed by atoms with Gasteiger partial charge in [-0.3, -0.25) is 14.4 Å². The van der Waals surface area contributed by atoms with Crippen LogP contribution in [0.3, 0.4) is 0 Å². The van der Waals surface area contributed by atoms with Crippen molar-refractivity contribution in [1.29, 1.82) is 0 Å². The number of aryl methyl sites for hydroxylation is 1. The SMILES string of the molecule is C[C@@H](C(=O)Nc1c(F)cccc1F)N1CCN(c2ncnc3c2cnn3C)CC1. The summed E-state index contributed by atoms with van der Waals surface area (Å²) in [6.45, 7) is 4.27. The Hall–Kier alpha value is -3.14. The van der Waals surface area contributed by atoms with Crippen LogP contribution in [0.25, 0.3) is 11.0 Å². The fourth-order valence-electron chi connectivity index (χ4n) is 3.53. The second-order valence-electron chi connectivity index (χ2n) is 6.99. The van der Waals surface area contributed by atoms with Crippen molar-refractivity contribution in [2.45, 2.75) is 13.0 Å². The molecule has 0 bridgehead atoms. The first-order chi connectivity index (χ1) is 14.0. The standard InChI is InChI=1S/C19H21F2N7O/c1-12(19(29)25-16-14(20)4-3-5-15(16)21)27-6-8-28(9-7-27)18-13-10-24-26(2)17(13)22-11-23-18/h3-5,10-12H,6-9H2,1-2H3,(H,25,29)/t12-/m0/s1. The van der Waals surface area contributed by atoms with Gasteiger partial charge in [0.25, 0.3) is 0 Å². The number of nitrogens with zero attached hydrogens (tertiary/aromatic N) is 6. The molecule has 1 aliphatic heterocycles. The van der Waals surface area contributed by atoms with Gasteiger partial charge in [0.2, 0.25) is 5.91 Å². The minimum Gasteiger partial charge on any atom is -0.353 e. The van der Waals surface area contributed by atoms with Crippen molar-refractivity contribution in [2.75, 3.05) is 36.4 Å². The lowest BCUT2D eigenvalue weighted by Crippen LogP contribution is -2.53. The molecule has 0 aliphatic carbocycles. The molecular formula is C19H21F2N7O. The maximum atomic E-state index is 13.8. The number of fused-ring (bicyclic) bond motifs is 1. The van der Waals surface area contributed by atoms with Gasteiger partial charge < -0.3 is 10.2 Å². The van der Waals surface area contributed by atoms with Gasteiger partial charge in [-0.2, -0.15) is 5.10 Å². The van der Waals surface area contributed by atoms with Crippen molar-refractivity contribution in [3.63, 3.8) is 0 Å². The molecule has 1 aromatic carbocycles. The fraction of sp³-hybridized carbons (Fsp3) is 0.368. The average Bonchev–Trinajstić information content (AvgIpc) is 3.11. The minimum atomic E-state index is -0.792. The highest BCUT2D eigenvalue weighted by Crippen LogP contribution is 2.24. The predicted molar refractivity (Wildman–Crippen MR) is 105 cm³/mol. The third kappa shape index (κ3) is 3.63. The Balaban J connectivity index is 1.42. The van der Waals surface area contributed by atoms with Gasteiger partial charge in [-0.25, -0.2) is 18.7 Å². The zero-order chi connectivity index (χ0) is 20.5. The summed E-state index contributed by atoms with van der Waals surface area (Å²) in [6.07, 6.45) is 3.26. The Labute approximate surface area is 166 Å².